The molecule has 1 aromatic carbocycles. The smallest absolute Gasteiger partial charge is 0.239 e. The Balaban J connectivity index is 1.79. The first-order valence-corrected chi connectivity index (χ1v) is 6.87. The number of thiocarbonyl (C=S) groups is 1. The van der Waals surface area contributed by atoms with E-state index in [1.165, 1.54) is 5.56 Å². The zero-order valence-corrected chi connectivity index (χ0v) is 12.1. The van der Waals surface area contributed by atoms with Crippen LogP contribution in [-0.4, -0.2) is 23.6 Å². The van der Waals surface area contributed by atoms with Crippen molar-refractivity contribution < 1.29 is 4.79 Å². The molecule has 1 fully saturated rings. The molecule has 1 amide bonds. The molecule has 0 aromatic heterocycles. The number of benzene rings is 1. The summed E-state index contributed by atoms with van der Waals surface area (Å²) in [6.45, 7) is 4.27. The van der Waals surface area contributed by atoms with Crippen molar-refractivity contribution >= 4 is 28.9 Å². The van der Waals surface area contributed by atoms with Gasteiger partial charge in [-0.05, 0) is 56.1 Å². The van der Waals surface area contributed by atoms with Gasteiger partial charge >= 0.3 is 0 Å². The number of nitrogens with one attached hydrogen (secondary N) is 3. The highest BCUT2D eigenvalue weighted by Gasteiger charge is 2.22. The van der Waals surface area contributed by atoms with Crippen molar-refractivity contribution in [1.82, 2.24) is 10.6 Å². The first-order valence-electron chi connectivity index (χ1n) is 6.46. The van der Waals surface area contributed by atoms with Crippen molar-refractivity contribution in [2.24, 2.45) is 0 Å². The summed E-state index contributed by atoms with van der Waals surface area (Å²) in [5.41, 5.74) is 3.26. The summed E-state index contributed by atoms with van der Waals surface area (Å²) in [5.74, 6) is -0.00684. The van der Waals surface area contributed by atoms with Crippen LogP contribution in [0, 0.1) is 13.8 Å². The van der Waals surface area contributed by atoms with Crippen LogP contribution in [0.25, 0.3) is 0 Å². The Bertz CT molecular complexity index is 497. The highest BCUT2D eigenvalue weighted by Crippen LogP contribution is 2.18. The van der Waals surface area contributed by atoms with Crippen LogP contribution in [0.2, 0.25) is 0 Å². The van der Waals surface area contributed by atoms with Gasteiger partial charge in [-0.15, -0.1) is 0 Å². The number of carbonyl (C=O) groups excluding carboxylic acids is 1. The van der Waals surface area contributed by atoms with Crippen LogP contribution >= 0.6 is 12.2 Å². The highest BCUT2D eigenvalue weighted by molar-refractivity contribution is 7.80. The van der Waals surface area contributed by atoms with E-state index in [-0.39, 0.29) is 12.5 Å². The Morgan fingerprint density at radius 1 is 1.37 bits per heavy atom. The topological polar surface area (TPSA) is 53.2 Å². The van der Waals surface area contributed by atoms with E-state index in [9.17, 15) is 4.79 Å². The van der Waals surface area contributed by atoms with E-state index in [1.807, 2.05) is 26.0 Å². The lowest BCUT2D eigenvalue weighted by Gasteiger charge is -2.13. The molecule has 0 radical (unpaired) electrons. The molecular weight excluding hydrogens is 258 g/mol. The van der Waals surface area contributed by atoms with Gasteiger partial charge in [0, 0.05) is 11.7 Å². The van der Waals surface area contributed by atoms with Gasteiger partial charge in [0.15, 0.2) is 5.11 Å². The molecular formula is C14H19N3OS. The largest absolute Gasteiger partial charge is 0.353 e. The number of rotatable bonds is 4. The number of hydrogen-bond acceptors (Lipinski definition) is 2. The molecule has 0 unspecified atom stereocenters. The summed E-state index contributed by atoms with van der Waals surface area (Å²) in [4.78, 5) is 11.5. The predicted molar refractivity (Wildman–Crippen MR) is 81.3 cm³/mol. The second-order valence-corrected chi connectivity index (χ2v) is 5.38. The molecule has 5 heteroatoms. The average Bonchev–Trinajstić information content (AvgIpc) is 3.15. The van der Waals surface area contributed by atoms with Crippen molar-refractivity contribution in [3.8, 4) is 0 Å². The fourth-order valence-electron chi connectivity index (χ4n) is 1.70. The lowest BCUT2D eigenvalue weighted by Crippen LogP contribution is -2.39. The van der Waals surface area contributed by atoms with Crippen LogP contribution < -0.4 is 16.0 Å². The third-order valence-electron chi connectivity index (χ3n) is 2.99. The van der Waals surface area contributed by atoms with Gasteiger partial charge in [0.1, 0.15) is 0 Å². The molecule has 2 rings (SSSR count). The number of hydrogen-bond donors (Lipinski definition) is 3. The zero-order chi connectivity index (χ0) is 13.8. The van der Waals surface area contributed by atoms with Crippen LogP contribution in [0.5, 0.6) is 0 Å². The van der Waals surface area contributed by atoms with Crippen molar-refractivity contribution in [3.05, 3.63) is 29.3 Å². The van der Waals surface area contributed by atoms with Gasteiger partial charge < -0.3 is 16.0 Å². The van der Waals surface area contributed by atoms with Crippen LogP contribution in [-0.2, 0) is 4.79 Å². The molecule has 19 heavy (non-hydrogen) atoms. The van der Waals surface area contributed by atoms with E-state index >= 15 is 0 Å². The van der Waals surface area contributed by atoms with E-state index < -0.39 is 0 Å². The van der Waals surface area contributed by atoms with Gasteiger partial charge in [-0.2, -0.15) is 0 Å². The van der Waals surface area contributed by atoms with E-state index in [4.69, 9.17) is 12.2 Å². The number of anilines is 1. The lowest BCUT2D eigenvalue weighted by molar-refractivity contribution is -0.120. The molecule has 1 aliphatic carbocycles. The molecule has 3 N–H and O–H groups in total. The molecule has 0 spiro atoms. The first kappa shape index (κ1) is 13.8. The average molecular weight is 277 g/mol. The molecule has 102 valence electrons. The summed E-state index contributed by atoms with van der Waals surface area (Å²) in [5, 5.41) is 9.41. The van der Waals surface area contributed by atoms with Gasteiger partial charge in [0.25, 0.3) is 0 Å². The Hall–Kier alpha value is -1.62. The number of carbonyl (C=O) groups is 1. The third-order valence-corrected chi connectivity index (χ3v) is 3.24. The fraction of sp³-hybridized carbons (Fsp3) is 0.429. The lowest BCUT2D eigenvalue weighted by atomic mass is 10.1. The van der Waals surface area contributed by atoms with Gasteiger partial charge in [0.2, 0.25) is 5.91 Å². The molecule has 0 aliphatic heterocycles. The monoisotopic (exact) mass is 277 g/mol. The van der Waals surface area contributed by atoms with Gasteiger partial charge in [-0.1, -0.05) is 12.1 Å². The summed E-state index contributed by atoms with van der Waals surface area (Å²) < 4.78 is 0. The fourth-order valence-corrected chi connectivity index (χ4v) is 1.89. The molecule has 4 nitrogen and oxygen atoms in total. The van der Waals surface area contributed by atoms with E-state index in [0.717, 1.165) is 24.1 Å². The van der Waals surface area contributed by atoms with Gasteiger partial charge in [0.05, 0.1) is 6.54 Å². The molecule has 0 bridgehead atoms. The predicted octanol–water partition coefficient (Wildman–Crippen LogP) is 1.87. The summed E-state index contributed by atoms with van der Waals surface area (Å²) in [6, 6.07) is 6.52. The standard InChI is InChI=1S/C14H19N3OS/c1-9-3-4-10(2)12(7-9)17-14(19)15-8-13(18)16-11-5-6-11/h3-4,7,11H,5-6,8H2,1-2H3,(H,16,18)(H2,15,17,19). The van der Waals surface area contributed by atoms with E-state index in [1.54, 1.807) is 0 Å². The van der Waals surface area contributed by atoms with Gasteiger partial charge in [-0.3, -0.25) is 4.79 Å². The van der Waals surface area contributed by atoms with Crippen LogP contribution in [0.3, 0.4) is 0 Å². The van der Waals surface area contributed by atoms with E-state index in [0.29, 0.717) is 11.2 Å². The summed E-state index contributed by atoms with van der Waals surface area (Å²) in [7, 11) is 0. The van der Waals surface area contributed by atoms with Crippen molar-refractivity contribution in [1.29, 1.82) is 0 Å². The minimum Gasteiger partial charge on any atom is -0.353 e. The maximum atomic E-state index is 11.5. The van der Waals surface area contributed by atoms with Crippen molar-refractivity contribution in [2.45, 2.75) is 32.7 Å². The second kappa shape index (κ2) is 6.02. The molecule has 0 heterocycles. The van der Waals surface area contributed by atoms with Gasteiger partial charge in [-0.25, -0.2) is 0 Å². The first-order chi connectivity index (χ1) is 9.04. The SMILES string of the molecule is Cc1ccc(C)c(NC(=S)NCC(=O)NC2CC2)c1. The van der Waals surface area contributed by atoms with Crippen molar-refractivity contribution in [2.75, 3.05) is 11.9 Å². The van der Waals surface area contributed by atoms with Crippen LogP contribution in [0.4, 0.5) is 5.69 Å². The van der Waals surface area contributed by atoms with E-state index in [2.05, 4.69) is 22.0 Å². The normalized spacial score (nSPS) is 13.8. The minimum atomic E-state index is -0.00684. The van der Waals surface area contributed by atoms with Crippen LogP contribution in [0.1, 0.15) is 24.0 Å². The maximum absolute atomic E-state index is 11.5. The second-order valence-electron chi connectivity index (χ2n) is 4.97. The Kier molecular flexibility index (Phi) is 4.37. The maximum Gasteiger partial charge on any atom is 0.239 e. The molecule has 0 atom stereocenters. The molecule has 1 aromatic rings. The minimum absolute atomic E-state index is 0.00684. The zero-order valence-electron chi connectivity index (χ0n) is 11.2. The Morgan fingerprint density at radius 3 is 2.79 bits per heavy atom. The number of amides is 1. The van der Waals surface area contributed by atoms with Crippen molar-refractivity contribution in [3.63, 3.8) is 0 Å². The highest BCUT2D eigenvalue weighted by atomic mass is 32.1. The molecule has 0 saturated heterocycles. The quantitative estimate of drug-likeness (QED) is 0.736. The van der Waals surface area contributed by atoms with Crippen LogP contribution in [0.15, 0.2) is 18.2 Å². The molecule has 1 saturated carbocycles. The molecule has 1 aliphatic rings. The summed E-state index contributed by atoms with van der Waals surface area (Å²) in [6.07, 6.45) is 2.19. The number of aryl methyl sites for hydroxylation is 2. The third kappa shape index (κ3) is 4.52. The Labute approximate surface area is 119 Å². The Morgan fingerprint density at radius 2 is 2.11 bits per heavy atom. The summed E-state index contributed by atoms with van der Waals surface area (Å²) >= 11 is 5.18.